The molecule has 1 aromatic heterocycles. The van der Waals surface area contributed by atoms with Crippen LogP contribution in [-0.4, -0.2) is 79.3 Å². The topological polar surface area (TPSA) is 101 Å². The molecule has 0 saturated carbocycles. The summed E-state index contributed by atoms with van der Waals surface area (Å²) in [5.74, 6) is 1.32. The number of amides is 1. The number of aryl methyl sites for hydroxylation is 2. The first-order valence-corrected chi connectivity index (χ1v) is 11.3. The number of rotatable bonds is 7. The molecule has 0 radical (unpaired) electrons. The minimum Gasteiger partial charge on any atom is -0.461 e. The van der Waals surface area contributed by atoms with Crippen LogP contribution in [0.2, 0.25) is 0 Å². The molecule has 3 aliphatic rings. The lowest BCUT2D eigenvalue weighted by Crippen LogP contribution is -2.37. The molecule has 174 valence electrons. The third-order valence-electron chi connectivity index (χ3n) is 5.98. The van der Waals surface area contributed by atoms with Gasteiger partial charge in [-0.2, -0.15) is 15.1 Å². The van der Waals surface area contributed by atoms with Gasteiger partial charge in [0.2, 0.25) is 0 Å². The predicted octanol–water partition coefficient (Wildman–Crippen LogP) is 2.22. The van der Waals surface area contributed by atoms with Crippen molar-refractivity contribution in [1.82, 2.24) is 14.9 Å². The van der Waals surface area contributed by atoms with Crippen molar-refractivity contribution in [2.45, 2.75) is 19.8 Å². The first-order valence-electron chi connectivity index (χ1n) is 11.3. The van der Waals surface area contributed by atoms with E-state index >= 15 is 0 Å². The van der Waals surface area contributed by atoms with Gasteiger partial charge in [-0.1, -0.05) is 17.7 Å². The van der Waals surface area contributed by atoms with Crippen molar-refractivity contribution in [3.63, 3.8) is 0 Å². The largest absolute Gasteiger partial charge is 0.461 e. The van der Waals surface area contributed by atoms with E-state index in [-0.39, 0.29) is 18.7 Å². The summed E-state index contributed by atoms with van der Waals surface area (Å²) in [6.45, 7) is 6.58. The first kappa shape index (κ1) is 21.4. The van der Waals surface area contributed by atoms with Gasteiger partial charge in [0.15, 0.2) is 5.82 Å². The van der Waals surface area contributed by atoms with E-state index in [0.29, 0.717) is 38.7 Å². The lowest BCUT2D eigenvalue weighted by molar-refractivity contribution is 0.122. The highest BCUT2D eigenvalue weighted by atomic mass is 16.6. The molecule has 2 aliphatic heterocycles. The molecule has 0 spiro atoms. The Balaban J connectivity index is 1.33. The first-order chi connectivity index (χ1) is 16.2. The molecule has 2 saturated heterocycles. The molecule has 1 amide bonds. The van der Waals surface area contributed by atoms with Crippen LogP contribution in [0.4, 0.5) is 16.4 Å². The zero-order valence-corrected chi connectivity index (χ0v) is 18.7. The van der Waals surface area contributed by atoms with Crippen molar-refractivity contribution < 1.29 is 19.0 Å². The average molecular weight is 453 g/mol. The summed E-state index contributed by atoms with van der Waals surface area (Å²) in [5.41, 5.74) is 7.88. The van der Waals surface area contributed by atoms with E-state index in [1.54, 1.807) is 4.90 Å². The van der Waals surface area contributed by atoms with Crippen LogP contribution in [0.3, 0.4) is 0 Å². The molecule has 10 heteroatoms. The van der Waals surface area contributed by atoms with Gasteiger partial charge in [-0.25, -0.2) is 4.79 Å². The molecule has 2 aromatic rings. The summed E-state index contributed by atoms with van der Waals surface area (Å²) in [4.78, 5) is 24.5. The third kappa shape index (κ3) is 5.00. The van der Waals surface area contributed by atoms with Gasteiger partial charge < -0.3 is 24.0 Å². The minimum atomic E-state index is -0.313. The van der Waals surface area contributed by atoms with Crippen molar-refractivity contribution in [2.75, 3.05) is 62.9 Å². The molecule has 10 nitrogen and oxygen atoms in total. The van der Waals surface area contributed by atoms with Gasteiger partial charge in [-0.05, 0) is 31.4 Å². The number of cyclic esters (lactones) is 1. The molecule has 2 fully saturated rings. The van der Waals surface area contributed by atoms with E-state index in [2.05, 4.69) is 50.5 Å². The number of nitrogens with one attached hydrogen (secondary N) is 1. The second-order valence-electron chi connectivity index (χ2n) is 8.27. The molecule has 1 N–H and O–H groups in total. The van der Waals surface area contributed by atoms with E-state index < -0.39 is 0 Å². The monoisotopic (exact) mass is 452 g/mol. The summed E-state index contributed by atoms with van der Waals surface area (Å²) in [7, 11) is 0. The Hall–Kier alpha value is -3.40. The Morgan fingerprint density at radius 2 is 2.00 bits per heavy atom. The Morgan fingerprint density at radius 3 is 2.82 bits per heavy atom. The highest BCUT2D eigenvalue weighted by molar-refractivity contribution is 6.04. The number of carbonyl (C=O) groups excluding carboxylic acids is 1. The van der Waals surface area contributed by atoms with Crippen molar-refractivity contribution in [2.24, 2.45) is 5.10 Å². The van der Waals surface area contributed by atoms with E-state index in [0.717, 1.165) is 37.5 Å². The number of fused-ring (bicyclic) bond motifs is 1. The van der Waals surface area contributed by atoms with E-state index in [1.807, 2.05) is 6.07 Å². The van der Waals surface area contributed by atoms with Crippen LogP contribution in [-0.2, 0) is 15.9 Å². The summed E-state index contributed by atoms with van der Waals surface area (Å²) < 4.78 is 16.2. The van der Waals surface area contributed by atoms with Crippen LogP contribution in [0.1, 0.15) is 23.1 Å². The van der Waals surface area contributed by atoms with Gasteiger partial charge in [0, 0.05) is 24.7 Å². The van der Waals surface area contributed by atoms with Crippen LogP contribution >= 0.6 is 0 Å². The number of morpholine rings is 1. The summed E-state index contributed by atoms with van der Waals surface area (Å²) in [5, 5.41) is 4.66. The fourth-order valence-corrected chi connectivity index (χ4v) is 4.17. The molecule has 1 aliphatic carbocycles. The minimum absolute atomic E-state index is 0.247. The smallest absolute Gasteiger partial charge is 0.410 e. The summed E-state index contributed by atoms with van der Waals surface area (Å²) in [6, 6.07) is 8.62. The number of benzene rings is 1. The predicted molar refractivity (Wildman–Crippen MR) is 123 cm³/mol. The van der Waals surface area contributed by atoms with Gasteiger partial charge >= 0.3 is 12.1 Å². The highest BCUT2D eigenvalue weighted by Crippen LogP contribution is 2.25. The fourth-order valence-electron chi connectivity index (χ4n) is 4.17. The lowest BCUT2D eigenvalue weighted by Gasteiger charge is -2.28. The van der Waals surface area contributed by atoms with Gasteiger partial charge in [0.25, 0.3) is 0 Å². The number of nitrogens with zero attached hydrogens (tertiary/aromatic N) is 5. The number of anilines is 2. The average Bonchev–Trinajstić information content (AvgIpc) is 3.43. The Kier molecular flexibility index (Phi) is 6.25. The maximum Gasteiger partial charge on any atom is 0.410 e. The second-order valence-corrected chi connectivity index (χ2v) is 8.27. The number of carbonyl (C=O) groups is 1. The van der Waals surface area contributed by atoms with Crippen molar-refractivity contribution >= 4 is 23.4 Å². The number of hydrogen-bond acceptors (Lipinski definition) is 9. The number of hydrazone groups is 1. The molecule has 0 atom stereocenters. The molecular formula is C23H28N6O4. The Labute approximate surface area is 192 Å². The fraction of sp³-hybridized carbons (Fsp3) is 0.478. The van der Waals surface area contributed by atoms with E-state index in [4.69, 9.17) is 14.2 Å². The molecule has 1 aromatic carbocycles. The molecular weight excluding hydrogens is 424 g/mol. The van der Waals surface area contributed by atoms with Crippen LogP contribution < -0.4 is 15.1 Å². The third-order valence-corrected chi connectivity index (χ3v) is 5.98. The van der Waals surface area contributed by atoms with Crippen LogP contribution in [0, 0.1) is 6.92 Å². The Bertz CT molecular complexity index is 1050. The molecule has 0 bridgehead atoms. The van der Waals surface area contributed by atoms with Crippen LogP contribution in [0.15, 0.2) is 29.4 Å². The number of ether oxygens (including phenoxy) is 3. The second kappa shape index (κ2) is 9.62. The van der Waals surface area contributed by atoms with Crippen molar-refractivity contribution in [1.29, 1.82) is 0 Å². The Morgan fingerprint density at radius 1 is 1.12 bits per heavy atom. The maximum atomic E-state index is 11.6. The standard InChI is InChI=1S/C23H28N6O4/c1-16-2-3-17-4-5-19(18(17)14-16)26-27-20-15-21(28-6-10-31-11-7-28)25-22(24-20)32-12-8-29-9-13-33-23(29)30/h2-3,14-15H,4-13H2,1H3,(H,24,25,27)/b26-19-. The van der Waals surface area contributed by atoms with Crippen LogP contribution in [0.5, 0.6) is 6.01 Å². The molecule has 0 unspecified atom stereocenters. The summed E-state index contributed by atoms with van der Waals surface area (Å²) in [6.07, 6.45) is 1.57. The maximum absolute atomic E-state index is 11.6. The molecule has 3 heterocycles. The summed E-state index contributed by atoms with van der Waals surface area (Å²) >= 11 is 0. The zero-order chi connectivity index (χ0) is 22.6. The lowest BCUT2D eigenvalue weighted by atomic mass is 10.1. The number of hydrogen-bond donors (Lipinski definition) is 1. The highest BCUT2D eigenvalue weighted by Gasteiger charge is 2.22. The van der Waals surface area contributed by atoms with Crippen LogP contribution in [0.25, 0.3) is 0 Å². The molecule has 5 rings (SSSR count). The van der Waals surface area contributed by atoms with Gasteiger partial charge in [0.05, 0.1) is 32.0 Å². The SMILES string of the molecule is Cc1ccc2c(c1)/C(=N\Nc1cc(N3CCOCC3)nc(OCCN3CCOC3=O)n1)CC2. The van der Waals surface area contributed by atoms with Gasteiger partial charge in [-0.3, -0.25) is 5.43 Å². The van der Waals surface area contributed by atoms with Gasteiger partial charge in [0.1, 0.15) is 19.0 Å². The normalized spacial score (nSPS) is 19.1. The zero-order valence-electron chi connectivity index (χ0n) is 18.7. The number of aromatic nitrogens is 2. The molecule has 33 heavy (non-hydrogen) atoms. The van der Waals surface area contributed by atoms with Crippen molar-refractivity contribution in [3.8, 4) is 6.01 Å². The van der Waals surface area contributed by atoms with E-state index in [1.165, 1.54) is 16.7 Å². The van der Waals surface area contributed by atoms with Gasteiger partial charge in [-0.15, -0.1) is 0 Å². The quantitative estimate of drug-likeness (QED) is 0.638. The van der Waals surface area contributed by atoms with E-state index in [9.17, 15) is 4.79 Å². The van der Waals surface area contributed by atoms with Crippen molar-refractivity contribution in [3.05, 3.63) is 41.0 Å².